The zero-order chi connectivity index (χ0) is 22.8. The van der Waals surface area contributed by atoms with Crippen molar-refractivity contribution in [1.29, 1.82) is 0 Å². The summed E-state index contributed by atoms with van der Waals surface area (Å²) in [5, 5.41) is 22.9. The van der Waals surface area contributed by atoms with Gasteiger partial charge in [0, 0.05) is 12.1 Å². The molecule has 0 saturated carbocycles. The average Bonchev–Trinajstić information content (AvgIpc) is 3.45. The van der Waals surface area contributed by atoms with Crippen LogP contribution >= 0.6 is 11.3 Å². The number of hydrogen-bond acceptors (Lipinski definition) is 8. The number of thiazole rings is 1. The number of nitro groups is 2. The van der Waals surface area contributed by atoms with E-state index in [1.165, 1.54) is 22.5 Å². The molecule has 0 aliphatic carbocycles. The maximum Gasteiger partial charge on any atom is 0.277 e. The van der Waals surface area contributed by atoms with Gasteiger partial charge in [-0.3, -0.25) is 29.9 Å². The van der Waals surface area contributed by atoms with Crippen molar-refractivity contribution >= 4 is 44.0 Å². The molecule has 0 fully saturated rings. The molecule has 0 bridgehead atoms. The fourth-order valence-corrected chi connectivity index (χ4v) is 4.19. The van der Waals surface area contributed by atoms with Gasteiger partial charge in [-0.1, -0.05) is 24.3 Å². The Bertz CT molecular complexity index is 1300. The summed E-state index contributed by atoms with van der Waals surface area (Å²) in [4.78, 5) is 40.2. The first kappa shape index (κ1) is 21.1. The zero-order valence-electron chi connectivity index (χ0n) is 16.8. The molecule has 10 nitrogen and oxygen atoms in total. The molecule has 4 rings (SSSR count). The Kier molecular flexibility index (Phi) is 5.65. The lowest BCUT2D eigenvalue weighted by Crippen LogP contribution is -2.30. The van der Waals surface area contributed by atoms with E-state index >= 15 is 0 Å². The highest BCUT2D eigenvalue weighted by Crippen LogP contribution is 2.33. The second kappa shape index (κ2) is 8.55. The van der Waals surface area contributed by atoms with E-state index in [4.69, 9.17) is 4.42 Å². The number of hydrogen-bond donors (Lipinski definition) is 0. The molecule has 0 spiro atoms. The normalized spacial score (nSPS) is 10.9. The number of nitro benzene ring substituents is 2. The van der Waals surface area contributed by atoms with Crippen molar-refractivity contribution < 1.29 is 19.1 Å². The summed E-state index contributed by atoms with van der Waals surface area (Å²) in [7, 11) is 0. The smallest absolute Gasteiger partial charge is 0.277 e. The number of anilines is 1. The topological polar surface area (TPSA) is 133 Å². The van der Waals surface area contributed by atoms with E-state index in [9.17, 15) is 25.0 Å². The van der Waals surface area contributed by atoms with Gasteiger partial charge in [-0.2, -0.15) is 0 Å². The Morgan fingerprint density at radius 1 is 1.09 bits per heavy atom. The highest BCUT2D eigenvalue weighted by Gasteiger charge is 2.27. The molecular formula is C21H16N4O6S. The van der Waals surface area contributed by atoms with Crippen LogP contribution in [0.15, 0.2) is 59.2 Å². The highest BCUT2D eigenvalue weighted by molar-refractivity contribution is 7.22. The first-order valence-electron chi connectivity index (χ1n) is 9.53. The molecule has 0 atom stereocenters. The van der Waals surface area contributed by atoms with E-state index in [1.54, 1.807) is 12.1 Å². The van der Waals surface area contributed by atoms with Crippen LogP contribution in [0.2, 0.25) is 0 Å². The Labute approximate surface area is 185 Å². The number of nitrogens with zero attached hydrogens (tertiary/aromatic N) is 4. The van der Waals surface area contributed by atoms with Gasteiger partial charge in [-0.15, -0.1) is 0 Å². The second-order valence-electron chi connectivity index (χ2n) is 6.88. The average molecular weight is 452 g/mol. The van der Waals surface area contributed by atoms with Gasteiger partial charge < -0.3 is 4.42 Å². The molecule has 0 N–H and O–H groups in total. The number of aromatic nitrogens is 1. The number of amides is 1. The summed E-state index contributed by atoms with van der Waals surface area (Å²) in [5.41, 5.74) is 0.538. The predicted octanol–water partition coefficient (Wildman–Crippen LogP) is 5.12. The highest BCUT2D eigenvalue weighted by atomic mass is 32.1. The third-order valence-corrected chi connectivity index (χ3v) is 5.83. The molecule has 0 aliphatic heterocycles. The van der Waals surface area contributed by atoms with Crippen molar-refractivity contribution in [1.82, 2.24) is 4.98 Å². The van der Waals surface area contributed by atoms with E-state index in [1.807, 2.05) is 25.1 Å². The second-order valence-corrected chi connectivity index (χ2v) is 7.88. The number of carbonyl (C=O) groups is 1. The monoisotopic (exact) mass is 452 g/mol. The number of furan rings is 1. The molecular weight excluding hydrogens is 436 g/mol. The standard InChI is InChI=1S/C21H16N4O6S/c1-2-13-5-6-18-19(8-13)32-21(22-18)23(12-17-4-3-7-31-17)20(26)14-9-15(24(27)28)11-16(10-14)25(29)30/h3-11H,2,12H2,1H3. The number of fused-ring (bicyclic) bond motifs is 1. The number of non-ortho nitro benzene ring substituents is 2. The largest absolute Gasteiger partial charge is 0.467 e. The van der Waals surface area contributed by atoms with Gasteiger partial charge in [0.2, 0.25) is 0 Å². The Balaban J connectivity index is 1.81. The molecule has 2 heterocycles. The zero-order valence-corrected chi connectivity index (χ0v) is 17.6. The van der Waals surface area contributed by atoms with Gasteiger partial charge >= 0.3 is 0 Å². The van der Waals surface area contributed by atoms with Gasteiger partial charge in [-0.25, -0.2) is 4.98 Å². The van der Waals surface area contributed by atoms with Crippen molar-refractivity contribution in [3.05, 3.63) is 91.9 Å². The van der Waals surface area contributed by atoms with Crippen LogP contribution in [0.1, 0.15) is 28.6 Å². The molecule has 4 aromatic rings. The summed E-state index contributed by atoms with van der Waals surface area (Å²) in [5.74, 6) is -0.199. The third-order valence-electron chi connectivity index (χ3n) is 4.79. The lowest BCUT2D eigenvalue weighted by atomic mass is 10.1. The van der Waals surface area contributed by atoms with Gasteiger partial charge in [0.05, 0.1) is 44.5 Å². The summed E-state index contributed by atoms with van der Waals surface area (Å²) in [6.07, 6.45) is 2.30. The molecule has 32 heavy (non-hydrogen) atoms. The van der Waals surface area contributed by atoms with E-state index in [0.29, 0.717) is 16.4 Å². The molecule has 162 valence electrons. The van der Waals surface area contributed by atoms with Gasteiger partial charge in [-0.05, 0) is 36.2 Å². The van der Waals surface area contributed by atoms with Crippen LogP contribution in [0.3, 0.4) is 0 Å². The van der Waals surface area contributed by atoms with Crippen LogP contribution < -0.4 is 4.90 Å². The van der Waals surface area contributed by atoms with Crippen molar-refractivity contribution in [2.24, 2.45) is 0 Å². The molecule has 0 aliphatic rings. The molecule has 11 heteroatoms. The van der Waals surface area contributed by atoms with Crippen LogP contribution in [0.4, 0.5) is 16.5 Å². The SMILES string of the molecule is CCc1ccc2nc(N(Cc3ccco3)C(=O)c3cc([N+](=O)[O-])cc([N+](=O)[O-])c3)sc2c1. The van der Waals surface area contributed by atoms with Crippen molar-refractivity contribution in [3.8, 4) is 0 Å². The molecule has 2 aromatic carbocycles. The van der Waals surface area contributed by atoms with E-state index in [-0.39, 0.29) is 12.1 Å². The third kappa shape index (κ3) is 4.18. The number of benzene rings is 2. The van der Waals surface area contributed by atoms with Crippen LogP contribution in [0.25, 0.3) is 10.2 Å². The van der Waals surface area contributed by atoms with Crippen LogP contribution in [-0.4, -0.2) is 20.7 Å². The minimum absolute atomic E-state index is 0.00276. The quantitative estimate of drug-likeness (QED) is 0.281. The maximum absolute atomic E-state index is 13.4. The first-order chi connectivity index (χ1) is 15.4. The van der Waals surface area contributed by atoms with Crippen LogP contribution in [-0.2, 0) is 13.0 Å². The van der Waals surface area contributed by atoms with Crippen molar-refractivity contribution in [2.75, 3.05) is 4.90 Å². The van der Waals surface area contributed by atoms with E-state index in [2.05, 4.69) is 4.98 Å². The fraction of sp³-hybridized carbons (Fsp3) is 0.143. The first-order valence-corrected chi connectivity index (χ1v) is 10.3. The minimum atomic E-state index is -0.773. The van der Waals surface area contributed by atoms with E-state index in [0.717, 1.165) is 34.9 Å². The molecule has 0 saturated heterocycles. The summed E-state index contributed by atoms with van der Waals surface area (Å²) < 4.78 is 6.25. The lowest BCUT2D eigenvalue weighted by Gasteiger charge is -2.18. The van der Waals surface area contributed by atoms with Gasteiger partial charge in [0.15, 0.2) is 5.13 Å². The summed E-state index contributed by atoms with van der Waals surface area (Å²) >= 11 is 1.29. The number of rotatable bonds is 7. The Morgan fingerprint density at radius 3 is 2.41 bits per heavy atom. The van der Waals surface area contributed by atoms with Gasteiger partial charge in [0.25, 0.3) is 17.3 Å². The molecule has 0 radical (unpaired) electrons. The molecule has 1 amide bonds. The predicted molar refractivity (Wildman–Crippen MR) is 118 cm³/mol. The van der Waals surface area contributed by atoms with Crippen LogP contribution in [0.5, 0.6) is 0 Å². The van der Waals surface area contributed by atoms with Crippen molar-refractivity contribution in [3.63, 3.8) is 0 Å². The minimum Gasteiger partial charge on any atom is -0.467 e. The Hall–Kier alpha value is -4.12. The van der Waals surface area contributed by atoms with Crippen molar-refractivity contribution in [2.45, 2.75) is 19.9 Å². The molecule has 0 unspecified atom stereocenters. The fourth-order valence-electron chi connectivity index (χ4n) is 3.16. The number of carbonyl (C=O) groups excluding carboxylic acids is 1. The number of aryl methyl sites for hydroxylation is 1. The maximum atomic E-state index is 13.4. The lowest BCUT2D eigenvalue weighted by molar-refractivity contribution is -0.394. The van der Waals surface area contributed by atoms with E-state index < -0.39 is 27.1 Å². The van der Waals surface area contributed by atoms with Gasteiger partial charge in [0.1, 0.15) is 5.76 Å². The Morgan fingerprint density at radius 2 is 1.81 bits per heavy atom. The summed E-state index contributed by atoms with van der Waals surface area (Å²) in [6, 6.07) is 12.0. The van der Waals surface area contributed by atoms with Crippen LogP contribution in [0, 0.1) is 20.2 Å². The molecule has 2 aromatic heterocycles. The summed E-state index contributed by atoms with van der Waals surface area (Å²) in [6.45, 7) is 2.04.